The Bertz CT molecular complexity index is 1120. The van der Waals surface area contributed by atoms with E-state index < -0.39 is 23.4 Å². The standard InChI is InChI=1S/C20H12F5N3/c21-15-4-2-1-3-13(15)19-26-17-7-8-28(11-18(17)27-19)10-12-5-6-14(16(22)9-12)20(23,24)25/h1-9,11H,10H2. The Labute approximate surface area is 156 Å². The molecular weight excluding hydrogens is 377 g/mol. The molecule has 0 spiro atoms. The molecule has 142 valence electrons. The Morgan fingerprint density at radius 3 is 2.32 bits per heavy atom. The lowest BCUT2D eigenvalue weighted by Crippen LogP contribution is -2.09. The van der Waals surface area contributed by atoms with Crippen molar-refractivity contribution in [2.45, 2.75) is 12.7 Å². The fourth-order valence-electron chi connectivity index (χ4n) is 2.91. The van der Waals surface area contributed by atoms with Crippen molar-refractivity contribution < 1.29 is 22.0 Å². The van der Waals surface area contributed by atoms with Crippen molar-refractivity contribution in [1.82, 2.24) is 14.5 Å². The largest absolute Gasteiger partial charge is 0.419 e. The van der Waals surface area contributed by atoms with Gasteiger partial charge in [-0.3, -0.25) is 0 Å². The molecule has 2 heterocycles. The van der Waals surface area contributed by atoms with Crippen LogP contribution in [0.3, 0.4) is 0 Å². The summed E-state index contributed by atoms with van der Waals surface area (Å²) in [6.07, 6.45) is -1.46. The van der Waals surface area contributed by atoms with Crippen LogP contribution in [0.5, 0.6) is 0 Å². The quantitative estimate of drug-likeness (QED) is 0.440. The van der Waals surface area contributed by atoms with Gasteiger partial charge in [0.1, 0.15) is 17.3 Å². The van der Waals surface area contributed by atoms with Crippen LogP contribution < -0.4 is 0 Å². The molecule has 2 aromatic rings. The zero-order valence-corrected chi connectivity index (χ0v) is 14.2. The lowest BCUT2D eigenvalue weighted by Gasteiger charge is -2.11. The number of halogens is 5. The Kier molecular flexibility index (Phi) is 4.33. The molecule has 2 aliphatic heterocycles. The molecule has 0 N–H and O–H groups in total. The van der Waals surface area contributed by atoms with Crippen LogP contribution in [-0.4, -0.2) is 14.5 Å². The Balaban J connectivity index is 1.63. The molecule has 0 bridgehead atoms. The van der Waals surface area contributed by atoms with E-state index in [2.05, 4.69) is 9.97 Å². The Hall–Kier alpha value is -3.29. The predicted octanol–water partition coefficient (Wildman–Crippen LogP) is 5.40. The number of imidazole rings is 1. The van der Waals surface area contributed by atoms with Gasteiger partial charge in [0.05, 0.1) is 16.8 Å². The first kappa shape index (κ1) is 18.1. The maximum absolute atomic E-state index is 13.9. The minimum Gasteiger partial charge on any atom is -0.348 e. The van der Waals surface area contributed by atoms with Crippen molar-refractivity contribution in [2.24, 2.45) is 0 Å². The number of nitrogens with zero attached hydrogens (tertiary/aromatic N) is 3. The molecule has 0 saturated carbocycles. The van der Waals surface area contributed by atoms with E-state index in [-0.39, 0.29) is 17.9 Å². The fourth-order valence-corrected chi connectivity index (χ4v) is 2.91. The summed E-state index contributed by atoms with van der Waals surface area (Å²) in [5.41, 5.74) is 0.383. The molecule has 8 heteroatoms. The summed E-state index contributed by atoms with van der Waals surface area (Å²) in [6, 6.07) is 10.6. The summed E-state index contributed by atoms with van der Waals surface area (Å²) < 4.78 is 67.3. The third-order valence-corrected chi connectivity index (χ3v) is 4.25. The van der Waals surface area contributed by atoms with E-state index in [0.717, 1.165) is 12.1 Å². The zero-order valence-electron chi connectivity index (χ0n) is 14.2. The third kappa shape index (κ3) is 3.45. The van der Waals surface area contributed by atoms with E-state index in [1.165, 1.54) is 12.1 Å². The van der Waals surface area contributed by atoms with Crippen LogP contribution >= 0.6 is 0 Å². The Morgan fingerprint density at radius 1 is 0.857 bits per heavy atom. The van der Waals surface area contributed by atoms with Crippen LogP contribution in [0.25, 0.3) is 22.8 Å². The second-order valence-electron chi connectivity index (χ2n) is 6.23. The molecule has 0 atom stereocenters. The molecule has 0 aliphatic carbocycles. The van der Waals surface area contributed by atoms with Crippen LogP contribution in [0.1, 0.15) is 11.1 Å². The number of rotatable bonds is 3. The molecular formula is C20H12F5N3. The van der Waals surface area contributed by atoms with Crippen LogP contribution in [0, 0.1) is 11.6 Å². The first-order valence-electron chi connectivity index (χ1n) is 8.25. The van der Waals surface area contributed by atoms with Crippen LogP contribution in [-0.2, 0) is 12.7 Å². The normalized spacial score (nSPS) is 11.9. The number of fused-ring (bicyclic) bond motifs is 1. The number of hydrogen-bond donors (Lipinski definition) is 0. The maximum atomic E-state index is 13.9. The minimum atomic E-state index is -4.73. The Morgan fingerprint density at radius 2 is 1.61 bits per heavy atom. The molecule has 0 radical (unpaired) electrons. The molecule has 0 fully saturated rings. The average molecular weight is 389 g/mol. The SMILES string of the molecule is Fc1ccccc1-c1nc2ccn(Cc3ccc(C(F)(F)F)c(F)c3)cc-2n1. The third-order valence-electron chi connectivity index (χ3n) is 4.25. The van der Waals surface area contributed by atoms with E-state index in [4.69, 9.17) is 0 Å². The van der Waals surface area contributed by atoms with E-state index in [1.807, 2.05) is 0 Å². The van der Waals surface area contributed by atoms with Crippen molar-refractivity contribution >= 4 is 0 Å². The number of aromatic nitrogens is 3. The van der Waals surface area contributed by atoms with Crippen LogP contribution in [0.15, 0.2) is 60.9 Å². The van der Waals surface area contributed by atoms with Gasteiger partial charge < -0.3 is 4.57 Å². The van der Waals surface area contributed by atoms with Gasteiger partial charge in [0.15, 0.2) is 5.82 Å². The van der Waals surface area contributed by atoms with Crippen molar-refractivity contribution in [3.05, 3.63) is 83.7 Å². The minimum absolute atomic E-state index is 0.146. The summed E-state index contributed by atoms with van der Waals surface area (Å²) in [4.78, 5) is 8.61. The predicted molar refractivity (Wildman–Crippen MR) is 92.5 cm³/mol. The summed E-state index contributed by atoms with van der Waals surface area (Å²) >= 11 is 0. The van der Waals surface area contributed by atoms with Gasteiger partial charge in [0.2, 0.25) is 0 Å². The van der Waals surface area contributed by atoms with E-state index >= 15 is 0 Å². The lowest BCUT2D eigenvalue weighted by atomic mass is 10.1. The second kappa shape index (κ2) is 6.70. The van der Waals surface area contributed by atoms with Gasteiger partial charge in [0.25, 0.3) is 0 Å². The highest BCUT2D eigenvalue weighted by atomic mass is 19.4. The van der Waals surface area contributed by atoms with Gasteiger partial charge >= 0.3 is 6.18 Å². The topological polar surface area (TPSA) is 30.7 Å². The van der Waals surface area contributed by atoms with Crippen LogP contribution in [0.4, 0.5) is 22.0 Å². The average Bonchev–Trinajstić information content (AvgIpc) is 3.04. The maximum Gasteiger partial charge on any atom is 0.419 e. The summed E-state index contributed by atoms with van der Waals surface area (Å²) in [7, 11) is 0. The highest BCUT2D eigenvalue weighted by Crippen LogP contribution is 2.32. The number of benzene rings is 2. The second-order valence-corrected chi connectivity index (χ2v) is 6.23. The van der Waals surface area contributed by atoms with Crippen molar-refractivity contribution in [2.75, 3.05) is 0 Å². The molecule has 0 unspecified atom stereocenters. The van der Waals surface area contributed by atoms with Crippen molar-refractivity contribution in [1.29, 1.82) is 0 Å². The zero-order chi connectivity index (χ0) is 19.9. The highest BCUT2D eigenvalue weighted by molar-refractivity contribution is 5.65. The van der Waals surface area contributed by atoms with Gasteiger partial charge in [-0.2, -0.15) is 13.2 Å². The first-order valence-corrected chi connectivity index (χ1v) is 8.25. The molecule has 0 saturated heterocycles. The van der Waals surface area contributed by atoms with Crippen molar-refractivity contribution in [3.63, 3.8) is 0 Å². The molecule has 4 rings (SSSR count). The van der Waals surface area contributed by atoms with E-state index in [1.54, 1.807) is 41.2 Å². The number of hydrogen-bond acceptors (Lipinski definition) is 2. The number of alkyl halides is 3. The molecule has 0 aromatic heterocycles. The highest BCUT2D eigenvalue weighted by Gasteiger charge is 2.33. The molecule has 3 nitrogen and oxygen atoms in total. The van der Waals surface area contributed by atoms with Gasteiger partial charge in [-0.1, -0.05) is 18.2 Å². The fraction of sp³-hybridized carbons (Fsp3) is 0.100. The first-order chi connectivity index (χ1) is 13.3. The van der Waals surface area contributed by atoms with Gasteiger partial charge in [0, 0.05) is 18.9 Å². The van der Waals surface area contributed by atoms with Gasteiger partial charge in [-0.25, -0.2) is 18.7 Å². The number of pyridine rings is 1. The smallest absolute Gasteiger partial charge is 0.348 e. The lowest BCUT2D eigenvalue weighted by molar-refractivity contribution is -0.140. The monoisotopic (exact) mass is 389 g/mol. The molecule has 2 aromatic carbocycles. The van der Waals surface area contributed by atoms with E-state index in [9.17, 15) is 22.0 Å². The summed E-state index contributed by atoms with van der Waals surface area (Å²) in [5.74, 6) is -1.51. The van der Waals surface area contributed by atoms with Gasteiger partial charge in [-0.15, -0.1) is 0 Å². The van der Waals surface area contributed by atoms with Crippen LogP contribution in [0.2, 0.25) is 0 Å². The van der Waals surface area contributed by atoms with Crippen molar-refractivity contribution in [3.8, 4) is 22.8 Å². The summed E-state index contributed by atoms with van der Waals surface area (Å²) in [5, 5.41) is 0. The van der Waals surface area contributed by atoms with E-state index in [0.29, 0.717) is 17.0 Å². The molecule has 0 amide bonds. The molecule has 2 aliphatic rings. The molecule has 28 heavy (non-hydrogen) atoms. The summed E-state index contributed by atoms with van der Waals surface area (Å²) in [6.45, 7) is 0.146. The van der Waals surface area contributed by atoms with Gasteiger partial charge in [-0.05, 0) is 35.9 Å².